The molecule has 0 aliphatic carbocycles. The molecular weight excluding hydrogens is 372 g/mol. The summed E-state index contributed by atoms with van der Waals surface area (Å²) in [6.07, 6.45) is 0.968. The molecule has 0 bridgehead atoms. The van der Waals surface area contributed by atoms with Crippen molar-refractivity contribution < 1.29 is 28.7 Å². The normalized spacial score (nSPS) is 17.4. The lowest BCUT2D eigenvalue weighted by atomic mass is 10.1. The van der Waals surface area contributed by atoms with Crippen molar-refractivity contribution >= 4 is 17.5 Å². The zero-order valence-corrected chi connectivity index (χ0v) is 17.2. The quantitative estimate of drug-likeness (QED) is 0.674. The number of rotatable bonds is 8. The van der Waals surface area contributed by atoms with Crippen LogP contribution in [-0.4, -0.2) is 52.8 Å². The van der Waals surface area contributed by atoms with Gasteiger partial charge in [-0.25, -0.2) is 4.90 Å². The fraction of sp³-hybridized carbons (Fsp3) is 0.364. The van der Waals surface area contributed by atoms with E-state index < -0.39 is 0 Å². The van der Waals surface area contributed by atoms with Gasteiger partial charge in [0.2, 0.25) is 5.91 Å². The molecule has 0 radical (unpaired) electrons. The van der Waals surface area contributed by atoms with Crippen molar-refractivity contribution in [3.05, 3.63) is 48.0 Å². The summed E-state index contributed by atoms with van der Waals surface area (Å²) >= 11 is 0. The number of hydrogen-bond acceptors (Lipinski definition) is 5. The Labute approximate surface area is 170 Å². The topological polar surface area (TPSA) is 69.5 Å². The van der Waals surface area contributed by atoms with Gasteiger partial charge in [0.1, 0.15) is 5.75 Å². The predicted molar refractivity (Wildman–Crippen MR) is 109 cm³/mol. The first-order valence-electron chi connectivity index (χ1n) is 9.52. The Kier molecular flexibility index (Phi) is 6.39. The Bertz CT molecular complexity index is 881. The predicted octanol–water partition coefficient (Wildman–Crippen LogP) is 1.10. The standard InChI is InChI=1S/C22H26N2O5/c1-23(12-11-15-5-10-19(28-3)20(13-15)29-4)18-14-21(25)24(22(18)26)16-6-8-17(27-2)9-7-16/h5-10,13,18H,11-12,14H2,1-4H3/p+1/t18-/m1/s1. The molecule has 1 aliphatic rings. The first-order chi connectivity index (χ1) is 14.0. The molecule has 2 amide bonds. The summed E-state index contributed by atoms with van der Waals surface area (Å²) in [6, 6.07) is 12.4. The minimum absolute atomic E-state index is 0.162. The van der Waals surface area contributed by atoms with Gasteiger partial charge in [0.15, 0.2) is 17.5 Å². The molecule has 154 valence electrons. The van der Waals surface area contributed by atoms with Crippen LogP contribution < -0.4 is 24.0 Å². The Hall–Kier alpha value is -3.06. The van der Waals surface area contributed by atoms with Gasteiger partial charge in [-0.1, -0.05) is 6.07 Å². The van der Waals surface area contributed by atoms with Crippen molar-refractivity contribution in [2.75, 3.05) is 39.8 Å². The van der Waals surface area contributed by atoms with Gasteiger partial charge < -0.3 is 19.1 Å². The van der Waals surface area contributed by atoms with E-state index in [9.17, 15) is 9.59 Å². The van der Waals surface area contributed by atoms with E-state index in [4.69, 9.17) is 14.2 Å². The monoisotopic (exact) mass is 399 g/mol. The molecule has 7 heteroatoms. The molecule has 1 aliphatic heterocycles. The van der Waals surface area contributed by atoms with Gasteiger partial charge in [0.05, 0.1) is 47.0 Å². The number of nitrogens with one attached hydrogen (secondary N) is 1. The van der Waals surface area contributed by atoms with Crippen LogP contribution in [0.4, 0.5) is 5.69 Å². The highest BCUT2D eigenvalue weighted by Gasteiger charge is 2.44. The molecule has 0 saturated carbocycles. The molecule has 1 fully saturated rings. The summed E-state index contributed by atoms with van der Waals surface area (Å²) in [4.78, 5) is 27.7. The minimum atomic E-state index is -0.384. The van der Waals surface area contributed by atoms with Crippen LogP contribution in [0.3, 0.4) is 0 Å². The van der Waals surface area contributed by atoms with Gasteiger partial charge in [-0.15, -0.1) is 0 Å². The van der Waals surface area contributed by atoms with Crippen LogP contribution in [-0.2, 0) is 16.0 Å². The second-order valence-corrected chi connectivity index (χ2v) is 7.06. The lowest BCUT2D eigenvalue weighted by Crippen LogP contribution is -3.14. The maximum Gasteiger partial charge on any atom is 0.292 e. The number of likely N-dealkylation sites (N-methyl/N-ethyl adjacent to an activating group) is 1. The van der Waals surface area contributed by atoms with Crippen LogP contribution in [0.1, 0.15) is 12.0 Å². The minimum Gasteiger partial charge on any atom is -0.497 e. The van der Waals surface area contributed by atoms with E-state index in [1.54, 1.807) is 45.6 Å². The molecule has 1 N–H and O–H groups in total. The van der Waals surface area contributed by atoms with E-state index in [0.717, 1.165) is 23.4 Å². The van der Waals surface area contributed by atoms with Crippen molar-refractivity contribution in [2.24, 2.45) is 0 Å². The second kappa shape index (κ2) is 8.96. The van der Waals surface area contributed by atoms with Gasteiger partial charge in [0, 0.05) is 6.42 Å². The number of carbonyl (C=O) groups excluding carboxylic acids is 2. The smallest absolute Gasteiger partial charge is 0.292 e. The van der Waals surface area contributed by atoms with Gasteiger partial charge in [-0.3, -0.25) is 9.59 Å². The number of amides is 2. The first kappa shape index (κ1) is 20.7. The summed E-state index contributed by atoms with van der Waals surface area (Å²) in [5.41, 5.74) is 1.67. The van der Waals surface area contributed by atoms with Crippen LogP contribution in [0.25, 0.3) is 0 Å². The fourth-order valence-corrected chi connectivity index (χ4v) is 3.57. The van der Waals surface area contributed by atoms with E-state index in [1.165, 1.54) is 4.90 Å². The van der Waals surface area contributed by atoms with E-state index in [1.807, 2.05) is 25.2 Å². The molecule has 1 saturated heterocycles. The maximum atomic E-state index is 12.9. The highest BCUT2D eigenvalue weighted by molar-refractivity contribution is 6.21. The van der Waals surface area contributed by atoms with Crippen LogP contribution in [0.15, 0.2) is 42.5 Å². The molecule has 2 aromatic carbocycles. The number of methoxy groups -OCH3 is 3. The Morgan fingerprint density at radius 2 is 1.66 bits per heavy atom. The highest BCUT2D eigenvalue weighted by Crippen LogP contribution is 2.28. The summed E-state index contributed by atoms with van der Waals surface area (Å²) < 4.78 is 15.8. The van der Waals surface area contributed by atoms with Crippen molar-refractivity contribution in [1.29, 1.82) is 0 Å². The molecular formula is C22H27N2O5+. The largest absolute Gasteiger partial charge is 0.497 e. The summed E-state index contributed by atoms with van der Waals surface area (Å²) in [5.74, 6) is 1.71. The fourth-order valence-electron chi connectivity index (χ4n) is 3.57. The number of imide groups is 1. The van der Waals surface area contributed by atoms with Crippen LogP contribution >= 0.6 is 0 Å². The SMILES string of the molecule is COc1ccc(N2C(=O)C[C@@H]([NH+](C)CCc3ccc(OC)c(OC)c3)C2=O)cc1. The summed E-state index contributed by atoms with van der Waals surface area (Å²) in [5, 5.41) is 0. The molecule has 2 atom stereocenters. The first-order valence-corrected chi connectivity index (χ1v) is 9.52. The number of benzene rings is 2. The van der Waals surface area contributed by atoms with E-state index in [2.05, 4.69) is 0 Å². The molecule has 7 nitrogen and oxygen atoms in total. The van der Waals surface area contributed by atoms with Crippen LogP contribution in [0, 0.1) is 0 Å². The average Bonchev–Trinajstić information content (AvgIpc) is 3.05. The maximum absolute atomic E-state index is 12.9. The number of carbonyl (C=O) groups is 2. The molecule has 0 aromatic heterocycles. The van der Waals surface area contributed by atoms with Crippen LogP contribution in [0.5, 0.6) is 17.2 Å². The molecule has 3 rings (SSSR count). The second-order valence-electron chi connectivity index (χ2n) is 7.06. The molecule has 1 unspecified atom stereocenters. The molecule has 0 spiro atoms. The lowest BCUT2D eigenvalue weighted by Gasteiger charge is -2.20. The van der Waals surface area contributed by atoms with Gasteiger partial charge >= 0.3 is 0 Å². The summed E-state index contributed by atoms with van der Waals surface area (Å²) in [6.45, 7) is 0.718. The van der Waals surface area contributed by atoms with E-state index in [-0.39, 0.29) is 24.3 Å². The Morgan fingerprint density at radius 3 is 2.28 bits per heavy atom. The third-order valence-electron chi connectivity index (χ3n) is 5.33. The Balaban J connectivity index is 1.66. The third-order valence-corrected chi connectivity index (χ3v) is 5.33. The highest BCUT2D eigenvalue weighted by atomic mass is 16.5. The number of anilines is 1. The number of ether oxygens (including phenoxy) is 3. The lowest BCUT2D eigenvalue weighted by molar-refractivity contribution is -0.894. The summed E-state index contributed by atoms with van der Waals surface area (Å²) in [7, 11) is 6.74. The molecule has 1 heterocycles. The average molecular weight is 399 g/mol. The third kappa shape index (κ3) is 4.35. The zero-order chi connectivity index (χ0) is 21.0. The van der Waals surface area contributed by atoms with Crippen molar-refractivity contribution in [3.8, 4) is 17.2 Å². The zero-order valence-electron chi connectivity index (χ0n) is 17.2. The number of nitrogens with zero attached hydrogens (tertiary/aromatic N) is 1. The van der Waals surface area contributed by atoms with Gasteiger partial charge in [0.25, 0.3) is 5.91 Å². The molecule has 29 heavy (non-hydrogen) atoms. The number of quaternary nitrogens is 1. The van der Waals surface area contributed by atoms with Crippen LogP contribution in [0.2, 0.25) is 0 Å². The van der Waals surface area contributed by atoms with Crippen molar-refractivity contribution in [2.45, 2.75) is 18.9 Å². The van der Waals surface area contributed by atoms with E-state index in [0.29, 0.717) is 22.9 Å². The van der Waals surface area contributed by atoms with Gasteiger partial charge in [-0.05, 0) is 42.0 Å². The van der Waals surface area contributed by atoms with Crippen molar-refractivity contribution in [1.82, 2.24) is 0 Å². The van der Waals surface area contributed by atoms with Crippen molar-refractivity contribution in [3.63, 3.8) is 0 Å². The molecule has 2 aromatic rings. The van der Waals surface area contributed by atoms with E-state index >= 15 is 0 Å². The van der Waals surface area contributed by atoms with Gasteiger partial charge in [-0.2, -0.15) is 0 Å². The Morgan fingerprint density at radius 1 is 0.966 bits per heavy atom. The number of hydrogen-bond donors (Lipinski definition) is 1.